The summed E-state index contributed by atoms with van der Waals surface area (Å²) in [5.74, 6) is -0.743. The molecule has 2 aromatic rings. The lowest BCUT2D eigenvalue weighted by Crippen LogP contribution is -2.22. The van der Waals surface area contributed by atoms with Gasteiger partial charge >= 0.3 is 6.18 Å². The van der Waals surface area contributed by atoms with Crippen molar-refractivity contribution < 1.29 is 17.6 Å². The zero-order valence-corrected chi connectivity index (χ0v) is 9.51. The fraction of sp³-hybridized carbons (Fsp3) is 0.111. The molecule has 0 unspecified atom stereocenters. The summed E-state index contributed by atoms with van der Waals surface area (Å²) in [6.07, 6.45) is -3.98. The predicted molar refractivity (Wildman–Crippen MR) is 54.1 cm³/mol. The van der Waals surface area contributed by atoms with Gasteiger partial charge in [-0.15, -0.1) is 0 Å². The molecule has 0 radical (unpaired) electrons. The number of pyridine rings is 1. The van der Waals surface area contributed by atoms with Crippen molar-refractivity contribution in [2.24, 2.45) is 0 Å². The van der Waals surface area contributed by atoms with Gasteiger partial charge in [-0.3, -0.25) is 9.20 Å². The third kappa shape index (κ3) is 2.04. The number of hydrogen-bond acceptors (Lipinski definition) is 2. The van der Waals surface area contributed by atoms with Crippen LogP contribution in [-0.2, 0) is 6.18 Å². The van der Waals surface area contributed by atoms with Gasteiger partial charge in [0.05, 0.1) is 0 Å². The van der Waals surface area contributed by atoms with Gasteiger partial charge in [-0.25, -0.2) is 9.37 Å². The summed E-state index contributed by atoms with van der Waals surface area (Å²) in [7, 11) is 0. The molecule has 0 bridgehead atoms. The van der Waals surface area contributed by atoms with Crippen LogP contribution in [0.2, 0.25) is 0 Å². The smallest absolute Gasteiger partial charge is 0.268 e. The van der Waals surface area contributed by atoms with Crippen molar-refractivity contribution in [3.8, 4) is 0 Å². The number of rotatable bonds is 0. The summed E-state index contributed by atoms with van der Waals surface area (Å²) >= 11 is 2.52. The van der Waals surface area contributed by atoms with E-state index in [2.05, 4.69) is 20.9 Å². The van der Waals surface area contributed by atoms with E-state index in [0.29, 0.717) is 4.40 Å². The second-order valence-corrected chi connectivity index (χ2v) is 3.95. The van der Waals surface area contributed by atoms with E-state index in [1.165, 1.54) is 0 Å². The van der Waals surface area contributed by atoms with Gasteiger partial charge in [0.2, 0.25) is 0 Å². The first-order valence-electron chi connectivity index (χ1n) is 4.25. The molecule has 2 heterocycles. The van der Waals surface area contributed by atoms with E-state index >= 15 is 0 Å². The number of alkyl halides is 3. The van der Waals surface area contributed by atoms with Gasteiger partial charge in [-0.05, 0) is 28.1 Å². The third-order valence-corrected chi connectivity index (χ3v) is 2.71. The minimum absolute atomic E-state index is 0.271. The van der Waals surface area contributed by atoms with Gasteiger partial charge in [-0.2, -0.15) is 13.2 Å². The molecule has 0 N–H and O–H groups in total. The molecule has 90 valence electrons. The summed E-state index contributed by atoms with van der Waals surface area (Å²) in [5.41, 5.74) is -2.61. The monoisotopic (exact) mass is 310 g/mol. The topological polar surface area (TPSA) is 34.4 Å². The van der Waals surface area contributed by atoms with Crippen LogP contribution < -0.4 is 5.56 Å². The average molecular weight is 311 g/mol. The van der Waals surface area contributed by atoms with Gasteiger partial charge in [0.1, 0.15) is 15.9 Å². The standard InChI is InChI=1S/C9H3BrF4N2O/c10-6-7(9(12,13)14)15-5-2-1-4(11)3-16(5)8(6)17/h1-3H. The Morgan fingerprint density at radius 2 is 1.94 bits per heavy atom. The Bertz CT molecular complexity index is 650. The van der Waals surface area contributed by atoms with Gasteiger partial charge in [0.25, 0.3) is 5.56 Å². The van der Waals surface area contributed by atoms with Crippen LogP contribution in [0.3, 0.4) is 0 Å². The molecule has 0 aliphatic carbocycles. The SMILES string of the molecule is O=c1c(Br)c(C(F)(F)F)nc2ccc(F)cn12. The molecule has 2 rings (SSSR count). The maximum absolute atomic E-state index is 12.9. The summed E-state index contributed by atoms with van der Waals surface area (Å²) in [5, 5.41) is 0. The van der Waals surface area contributed by atoms with Crippen LogP contribution in [0, 0.1) is 5.82 Å². The molecule has 0 spiro atoms. The third-order valence-electron chi connectivity index (χ3n) is 2.00. The number of aromatic nitrogens is 2. The molecule has 0 saturated carbocycles. The van der Waals surface area contributed by atoms with Crippen LogP contribution in [0.1, 0.15) is 5.69 Å². The molecule has 0 aromatic carbocycles. The highest BCUT2D eigenvalue weighted by Gasteiger charge is 2.36. The molecular weight excluding hydrogens is 308 g/mol. The molecule has 0 saturated heterocycles. The Hall–Kier alpha value is -1.44. The van der Waals surface area contributed by atoms with Crippen LogP contribution in [0.4, 0.5) is 17.6 Å². The largest absolute Gasteiger partial charge is 0.434 e. The zero-order valence-electron chi connectivity index (χ0n) is 7.92. The molecule has 2 aromatic heterocycles. The minimum Gasteiger partial charge on any atom is -0.268 e. The Morgan fingerprint density at radius 1 is 1.29 bits per heavy atom. The molecule has 8 heteroatoms. The molecule has 0 atom stereocenters. The molecule has 0 amide bonds. The second kappa shape index (κ2) is 3.80. The van der Waals surface area contributed by atoms with E-state index in [9.17, 15) is 22.4 Å². The Labute approximate surface area is 99.8 Å². The highest BCUT2D eigenvalue weighted by molar-refractivity contribution is 9.10. The summed E-state index contributed by atoms with van der Waals surface area (Å²) in [6.45, 7) is 0. The lowest BCUT2D eigenvalue weighted by Gasteiger charge is -2.09. The van der Waals surface area contributed by atoms with Crippen molar-refractivity contribution in [1.29, 1.82) is 0 Å². The molecule has 0 aliphatic rings. The Morgan fingerprint density at radius 3 is 2.53 bits per heavy atom. The van der Waals surface area contributed by atoms with Crippen molar-refractivity contribution in [1.82, 2.24) is 9.38 Å². The number of fused-ring (bicyclic) bond motifs is 1. The van der Waals surface area contributed by atoms with Crippen LogP contribution in [0.15, 0.2) is 27.6 Å². The van der Waals surface area contributed by atoms with Gasteiger partial charge < -0.3 is 0 Å². The second-order valence-electron chi connectivity index (χ2n) is 3.15. The number of halogens is 5. The van der Waals surface area contributed by atoms with E-state index in [1.807, 2.05) is 0 Å². The fourth-order valence-electron chi connectivity index (χ4n) is 1.28. The molecule has 17 heavy (non-hydrogen) atoms. The van der Waals surface area contributed by atoms with E-state index in [4.69, 9.17) is 0 Å². The zero-order chi connectivity index (χ0) is 12.8. The fourth-order valence-corrected chi connectivity index (χ4v) is 1.78. The first-order valence-corrected chi connectivity index (χ1v) is 5.04. The van der Waals surface area contributed by atoms with Crippen molar-refractivity contribution in [2.75, 3.05) is 0 Å². The van der Waals surface area contributed by atoms with Crippen LogP contribution in [-0.4, -0.2) is 9.38 Å². The number of hydrogen-bond donors (Lipinski definition) is 0. The lowest BCUT2D eigenvalue weighted by molar-refractivity contribution is -0.141. The van der Waals surface area contributed by atoms with Gasteiger partial charge in [0, 0.05) is 6.20 Å². The minimum atomic E-state index is -4.75. The predicted octanol–water partition coefficient (Wildman–Crippen LogP) is 2.61. The summed E-state index contributed by atoms with van der Waals surface area (Å²) < 4.78 is 50.4. The molecular formula is C9H3BrF4N2O. The molecule has 3 nitrogen and oxygen atoms in total. The summed E-state index contributed by atoms with van der Waals surface area (Å²) in [4.78, 5) is 14.8. The quantitative estimate of drug-likeness (QED) is 0.701. The van der Waals surface area contributed by atoms with Crippen LogP contribution in [0.25, 0.3) is 5.65 Å². The highest BCUT2D eigenvalue weighted by Crippen LogP contribution is 2.31. The van der Waals surface area contributed by atoms with Crippen molar-refractivity contribution in [2.45, 2.75) is 6.18 Å². The van der Waals surface area contributed by atoms with E-state index in [-0.39, 0.29) is 5.65 Å². The normalized spacial score (nSPS) is 12.1. The van der Waals surface area contributed by atoms with E-state index in [1.54, 1.807) is 0 Å². The first kappa shape index (κ1) is 12.0. The van der Waals surface area contributed by atoms with Gasteiger partial charge in [0.15, 0.2) is 5.69 Å². The number of nitrogens with zero attached hydrogens (tertiary/aromatic N) is 2. The van der Waals surface area contributed by atoms with E-state index in [0.717, 1.165) is 18.3 Å². The van der Waals surface area contributed by atoms with E-state index < -0.39 is 27.7 Å². The Kier molecular flexibility index (Phi) is 2.69. The van der Waals surface area contributed by atoms with Crippen molar-refractivity contribution >= 4 is 21.6 Å². The summed E-state index contributed by atoms with van der Waals surface area (Å²) in [6, 6.07) is 1.92. The molecule has 0 fully saturated rings. The highest BCUT2D eigenvalue weighted by atomic mass is 79.9. The van der Waals surface area contributed by atoms with Gasteiger partial charge in [-0.1, -0.05) is 0 Å². The first-order chi connectivity index (χ1) is 7.80. The van der Waals surface area contributed by atoms with Crippen LogP contribution >= 0.6 is 15.9 Å². The maximum atomic E-state index is 12.9. The van der Waals surface area contributed by atoms with Crippen LogP contribution in [0.5, 0.6) is 0 Å². The van der Waals surface area contributed by atoms with Crippen molar-refractivity contribution in [3.05, 3.63) is 44.7 Å². The van der Waals surface area contributed by atoms with Crippen molar-refractivity contribution in [3.63, 3.8) is 0 Å². The maximum Gasteiger partial charge on any atom is 0.434 e. The molecule has 0 aliphatic heterocycles. The lowest BCUT2D eigenvalue weighted by atomic mass is 10.3. The Balaban J connectivity index is 2.90. The average Bonchev–Trinajstić information content (AvgIpc) is 2.22.